The lowest BCUT2D eigenvalue weighted by Gasteiger charge is -2.11. The first-order valence-electron chi connectivity index (χ1n) is 6.15. The van der Waals surface area contributed by atoms with E-state index in [1.165, 1.54) is 12.1 Å². The summed E-state index contributed by atoms with van der Waals surface area (Å²) in [7, 11) is -6.07. The highest BCUT2D eigenvalue weighted by molar-refractivity contribution is 9.10. The summed E-state index contributed by atoms with van der Waals surface area (Å²) < 4.78 is 111. The van der Waals surface area contributed by atoms with Crippen LogP contribution in [0.2, 0.25) is 5.02 Å². The van der Waals surface area contributed by atoms with Gasteiger partial charge in [0.25, 0.3) is 9.84 Å². The quantitative estimate of drug-likeness (QED) is 0.471. The van der Waals surface area contributed by atoms with Crippen molar-refractivity contribution < 1.29 is 39.3 Å². The first kappa shape index (κ1) is 21.4. The molecule has 1 heterocycles. The molecule has 0 aliphatic heterocycles. The van der Waals surface area contributed by atoms with Crippen LogP contribution in [0.25, 0.3) is 11.3 Å². The van der Waals surface area contributed by atoms with Crippen LogP contribution in [0.5, 0.6) is 0 Å². The fourth-order valence-electron chi connectivity index (χ4n) is 1.87. The summed E-state index contributed by atoms with van der Waals surface area (Å²) in [6, 6.07) is 4.57. The third-order valence-electron chi connectivity index (χ3n) is 2.97. The maximum Gasteiger partial charge on any atom is 0.579 e. The zero-order valence-corrected chi connectivity index (χ0v) is 15.8. The predicted molar refractivity (Wildman–Crippen MR) is 84.6 cm³/mol. The number of benzene rings is 1. The number of hydrogen-bond acceptors (Lipinski definition) is 3. The number of alkyl halides is 6. The summed E-state index contributed by atoms with van der Waals surface area (Å²) >= 11 is 4.24. The molecule has 0 amide bonds. The lowest BCUT2D eigenvalue weighted by molar-refractivity contribution is -0.0440. The van der Waals surface area contributed by atoms with Crippen LogP contribution in [0, 0.1) is 0 Å². The molecular formula is C12H5BrClF6NO3S2. The number of halogens is 8. The fourth-order valence-corrected chi connectivity index (χ4v) is 5.14. The van der Waals surface area contributed by atoms with Crippen LogP contribution in [0.1, 0.15) is 0 Å². The van der Waals surface area contributed by atoms with Gasteiger partial charge in [-0.3, -0.25) is 0 Å². The van der Waals surface area contributed by atoms with E-state index in [1.807, 2.05) is 4.98 Å². The van der Waals surface area contributed by atoms with Crippen molar-refractivity contribution in [2.45, 2.75) is 20.9 Å². The van der Waals surface area contributed by atoms with Crippen LogP contribution in [0.3, 0.4) is 0 Å². The van der Waals surface area contributed by atoms with Crippen molar-refractivity contribution in [2.75, 3.05) is 0 Å². The van der Waals surface area contributed by atoms with E-state index in [-0.39, 0.29) is 10.6 Å². The van der Waals surface area contributed by atoms with Crippen molar-refractivity contribution in [3.63, 3.8) is 0 Å². The van der Waals surface area contributed by atoms with Gasteiger partial charge in [0.05, 0.1) is 5.69 Å². The first-order valence-corrected chi connectivity index (χ1v) is 9.95. The van der Waals surface area contributed by atoms with Gasteiger partial charge in [-0.2, -0.15) is 13.2 Å². The van der Waals surface area contributed by atoms with E-state index in [9.17, 15) is 39.3 Å². The highest BCUT2D eigenvalue weighted by atomic mass is 79.9. The van der Waals surface area contributed by atoms with Gasteiger partial charge in [0.1, 0.15) is 20.5 Å². The second-order valence-corrected chi connectivity index (χ2v) is 9.16. The minimum atomic E-state index is -6.07. The predicted octanol–water partition coefficient (Wildman–Crippen LogP) is 5.02. The molecule has 0 fully saturated rings. The Balaban J connectivity index is 2.84. The van der Waals surface area contributed by atoms with Gasteiger partial charge in [-0.25, -0.2) is 8.42 Å². The summed E-state index contributed by atoms with van der Waals surface area (Å²) in [4.78, 5) is 0.381. The second-order valence-electron chi connectivity index (χ2n) is 4.64. The molecule has 2 rings (SSSR count). The van der Waals surface area contributed by atoms with Gasteiger partial charge in [-0.15, -0.1) is 13.2 Å². The summed E-state index contributed by atoms with van der Waals surface area (Å²) in [6.07, 6.45) is 0. The Morgan fingerprint density at radius 1 is 1.08 bits per heavy atom. The summed E-state index contributed by atoms with van der Waals surface area (Å²) in [5.74, 6) is 0. The molecule has 0 aliphatic rings. The van der Waals surface area contributed by atoms with Crippen molar-refractivity contribution in [1.29, 1.82) is 0 Å². The molecule has 1 atom stereocenters. The summed E-state index contributed by atoms with van der Waals surface area (Å²) in [5, 5.41) is -1.11. The lowest BCUT2D eigenvalue weighted by atomic mass is 10.2. The lowest BCUT2D eigenvalue weighted by Crippen LogP contribution is -2.25. The Morgan fingerprint density at radius 3 is 2.00 bits per heavy atom. The Labute approximate surface area is 158 Å². The Hall–Kier alpha value is -0.890. The molecule has 0 bridgehead atoms. The Kier molecular flexibility index (Phi) is 5.71. The van der Waals surface area contributed by atoms with E-state index in [1.54, 1.807) is 0 Å². The van der Waals surface area contributed by atoms with E-state index >= 15 is 0 Å². The van der Waals surface area contributed by atoms with Gasteiger partial charge in [0, 0.05) is 5.02 Å². The number of aromatic nitrogens is 1. The zero-order chi connectivity index (χ0) is 20.1. The highest BCUT2D eigenvalue weighted by Crippen LogP contribution is 2.45. The SMILES string of the molecule is O=S(=O)(c1c(-c2ccc(Cl)cc2)[nH]c([S+]([O-])C(F)(F)F)c1Br)C(F)(F)F. The third-order valence-corrected chi connectivity index (χ3v) is 7.19. The number of H-pyrrole nitrogens is 1. The van der Waals surface area contributed by atoms with Gasteiger partial charge in [0.15, 0.2) is 0 Å². The fraction of sp³-hybridized carbons (Fsp3) is 0.167. The Morgan fingerprint density at radius 2 is 1.58 bits per heavy atom. The van der Waals surface area contributed by atoms with Crippen molar-refractivity contribution >= 4 is 48.5 Å². The van der Waals surface area contributed by atoms with E-state index in [2.05, 4.69) is 15.9 Å². The minimum Gasteiger partial charge on any atom is -0.603 e. The van der Waals surface area contributed by atoms with Crippen molar-refractivity contribution in [2.24, 2.45) is 0 Å². The van der Waals surface area contributed by atoms with E-state index in [4.69, 9.17) is 11.6 Å². The zero-order valence-electron chi connectivity index (χ0n) is 11.9. The average Bonchev–Trinajstić information content (AvgIpc) is 2.83. The van der Waals surface area contributed by atoms with Gasteiger partial charge >= 0.3 is 11.0 Å². The van der Waals surface area contributed by atoms with E-state index < -0.39 is 52.1 Å². The van der Waals surface area contributed by atoms with Crippen LogP contribution >= 0.6 is 27.5 Å². The highest BCUT2D eigenvalue weighted by Gasteiger charge is 2.54. The molecule has 0 radical (unpaired) electrons. The normalized spacial score (nSPS) is 14.5. The largest absolute Gasteiger partial charge is 0.603 e. The maximum absolute atomic E-state index is 13.0. The van der Waals surface area contributed by atoms with E-state index in [0.29, 0.717) is 0 Å². The molecule has 0 saturated carbocycles. The van der Waals surface area contributed by atoms with Crippen molar-refractivity contribution in [3.8, 4) is 11.3 Å². The van der Waals surface area contributed by atoms with Crippen molar-refractivity contribution in [3.05, 3.63) is 33.8 Å². The maximum atomic E-state index is 13.0. The van der Waals surface area contributed by atoms with Gasteiger partial charge < -0.3 is 9.54 Å². The average molecular weight is 505 g/mol. The molecule has 4 nitrogen and oxygen atoms in total. The topological polar surface area (TPSA) is 73.0 Å². The van der Waals surface area contributed by atoms with Crippen LogP contribution in [-0.2, 0) is 21.0 Å². The van der Waals surface area contributed by atoms with Gasteiger partial charge in [0.2, 0.25) is 5.03 Å². The molecule has 2 aromatic rings. The van der Waals surface area contributed by atoms with E-state index in [0.717, 1.165) is 12.1 Å². The van der Waals surface area contributed by atoms with Crippen LogP contribution < -0.4 is 0 Å². The molecule has 14 heteroatoms. The first-order chi connectivity index (χ1) is 11.7. The number of sulfone groups is 1. The van der Waals surface area contributed by atoms with Crippen LogP contribution in [-0.4, -0.2) is 29.0 Å². The number of rotatable bonds is 3. The molecule has 0 aliphatic carbocycles. The molecule has 26 heavy (non-hydrogen) atoms. The smallest absolute Gasteiger partial charge is 0.579 e. The van der Waals surface area contributed by atoms with Gasteiger partial charge in [-0.05, 0) is 33.6 Å². The molecule has 0 saturated heterocycles. The number of aromatic amines is 1. The molecule has 1 unspecified atom stereocenters. The molecule has 1 N–H and O–H groups in total. The van der Waals surface area contributed by atoms with Gasteiger partial charge in [-0.1, -0.05) is 23.7 Å². The standard InChI is InChI=1S/C12H5BrClF6NO3S2/c13-7-9(26(23,24)12(18,19)20)8(5-1-3-6(14)4-2-5)21-10(7)25(22)11(15,16)17/h1-4,21H. The number of hydrogen-bond donors (Lipinski definition) is 1. The van der Waals surface area contributed by atoms with Crippen molar-refractivity contribution in [1.82, 2.24) is 4.98 Å². The van der Waals surface area contributed by atoms with Crippen LogP contribution in [0.15, 0.2) is 38.7 Å². The second kappa shape index (κ2) is 6.93. The monoisotopic (exact) mass is 503 g/mol. The summed E-state index contributed by atoms with van der Waals surface area (Å²) in [6.45, 7) is 0. The molecule has 144 valence electrons. The van der Waals surface area contributed by atoms with Crippen LogP contribution in [0.4, 0.5) is 26.3 Å². The number of nitrogens with one attached hydrogen (secondary N) is 1. The minimum absolute atomic E-state index is 0.152. The molecule has 1 aromatic heterocycles. The Bertz CT molecular complexity index is 924. The molecule has 0 spiro atoms. The summed E-state index contributed by atoms with van der Waals surface area (Å²) in [5.41, 5.74) is -12.1. The molecular weight excluding hydrogens is 500 g/mol. The third kappa shape index (κ3) is 3.86. The molecule has 1 aromatic carbocycles.